The van der Waals surface area contributed by atoms with E-state index >= 15 is 0 Å². The summed E-state index contributed by atoms with van der Waals surface area (Å²) in [5, 5.41) is 0. The summed E-state index contributed by atoms with van der Waals surface area (Å²) in [6.45, 7) is 4.67. The van der Waals surface area contributed by atoms with Gasteiger partial charge in [0.05, 0.1) is 26.6 Å². The molecule has 2 aromatic heterocycles. The summed E-state index contributed by atoms with van der Waals surface area (Å²) in [4.78, 5) is 17.6. The monoisotopic (exact) mass is 315 g/mol. The highest BCUT2D eigenvalue weighted by atomic mass is 16.5. The Hall–Kier alpha value is -2.41. The van der Waals surface area contributed by atoms with Gasteiger partial charge < -0.3 is 14.4 Å². The largest absolute Gasteiger partial charge is 0.494 e. The lowest BCUT2D eigenvalue weighted by atomic mass is 10.2. The van der Waals surface area contributed by atoms with Crippen molar-refractivity contribution in [3.8, 4) is 11.6 Å². The third-order valence-corrected chi connectivity index (χ3v) is 3.92. The van der Waals surface area contributed by atoms with Gasteiger partial charge in [0, 0.05) is 45.0 Å². The molecule has 0 spiro atoms. The lowest BCUT2D eigenvalue weighted by Crippen LogP contribution is -2.46. The van der Waals surface area contributed by atoms with Crippen LogP contribution in [0, 0.1) is 0 Å². The van der Waals surface area contributed by atoms with E-state index in [0.29, 0.717) is 11.6 Å². The van der Waals surface area contributed by atoms with Crippen molar-refractivity contribution in [1.29, 1.82) is 0 Å². The molecule has 7 heteroatoms. The van der Waals surface area contributed by atoms with Gasteiger partial charge in [0.1, 0.15) is 0 Å². The Labute approximate surface area is 135 Å². The van der Waals surface area contributed by atoms with Crippen molar-refractivity contribution >= 4 is 5.95 Å². The van der Waals surface area contributed by atoms with Crippen LogP contribution in [0.2, 0.25) is 0 Å². The minimum Gasteiger partial charge on any atom is -0.494 e. The summed E-state index contributed by atoms with van der Waals surface area (Å²) >= 11 is 0. The molecule has 122 valence electrons. The number of aromatic nitrogens is 3. The van der Waals surface area contributed by atoms with Gasteiger partial charge in [0.2, 0.25) is 11.8 Å². The van der Waals surface area contributed by atoms with Crippen molar-refractivity contribution in [3.63, 3.8) is 0 Å². The summed E-state index contributed by atoms with van der Waals surface area (Å²) in [5.41, 5.74) is 1.19. The fourth-order valence-electron chi connectivity index (χ4n) is 2.57. The molecule has 0 aromatic carbocycles. The topological polar surface area (TPSA) is 63.6 Å². The van der Waals surface area contributed by atoms with Crippen molar-refractivity contribution in [2.75, 3.05) is 45.3 Å². The number of ether oxygens (including phenoxy) is 2. The van der Waals surface area contributed by atoms with Crippen LogP contribution >= 0.6 is 0 Å². The smallest absolute Gasteiger partial charge is 0.225 e. The molecule has 0 bridgehead atoms. The second kappa shape index (κ2) is 7.23. The van der Waals surface area contributed by atoms with Crippen molar-refractivity contribution in [2.24, 2.45) is 0 Å². The number of pyridine rings is 1. The van der Waals surface area contributed by atoms with Crippen LogP contribution in [0.3, 0.4) is 0 Å². The molecule has 3 heterocycles. The van der Waals surface area contributed by atoms with Crippen LogP contribution in [-0.2, 0) is 6.54 Å². The van der Waals surface area contributed by atoms with Crippen molar-refractivity contribution < 1.29 is 9.47 Å². The number of anilines is 1. The van der Waals surface area contributed by atoms with Crippen LogP contribution in [0.25, 0.3) is 0 Å². The molecule has 2 aromatic rings. The first-order valence-electron chi connectivity index (χ1n) is 7.61. The van der Waals surface area contributed by atoms with Crippen molar-refractivity contribution in [2.45, 2.75) is 6.54 Å². The Kier molecular flexibility index (Phi) is 4.87. The number of methoxy groups -OCH3 is 2. The zero-order valence-electron chi connectivity index (χ0n) is 13.5. The summed E-state index contributed by atoms with van der Waals surface area (Å²) in [6.07, 6.45) is 5.28. The molecule has 0 unspecified atom stereocenters. The molecule has 1 saturated heterocycles. The highest BCUT2D eigenvalue weighted by Crippen LogP contribution is 2.15. The van der Waals surface area contributed by atoms with Gasteiger partial charge in [-0.1, -0.05) is 6.07 Å². The molecule has 1 aliphatic rings. The summed E-state index contributed by atoms with van der Waals surface area (Å²) in [6, 6.07) is 3.96. The SMILES string of the molecule is COc1cnc(N2CCN(Cc3ccc(OC)nc3)CC2)nc1. The van der Waals surface area contributed by atoms with Gasteiger partial charge in [0.25, 0.3) is 0 Å². The molecule has 0 amide bonds. The summed E-state index contributed by atoms with van der Waals surface area (Å²) in [7, 11) is 3.24. The molecule has 1 fully saturated rings. The molecule has 0 saturated carbocycles. The Bertz CT molecular complexity index is 609. The third kappa shape index (κ3) is 3.87. The van der Waals surface area contributed by atoms with Crippen molar-refractivity contribution in [1.82, 2.24) is 19.9 Å². The third-order valence-electron chi connectivity index (χ3n) is 3.92. The van der Waals surface area contributed by atoms with E-state index in [2.05, 4.69) is 30.8 Å². The van der Waals surface area contributed by atoms with Crippen molar-refractivity contribution in [3.05, 3.63) is 36.3 Å². The first-order valence-corrected chi connectivity index (χ1v) is 7.61. The first-order chi connectivity index (χ1) is 11.3. The lowest BCUT2D eigenvalue weighted by Gasteiger charge is -2.34. The van der Waals surface area contributed by atoms with Crippen LogP contribution in [0.1, 0.15) is 5.56 Å². The Morgan fingerprint density at radius 2 is 1.65 bits per heavy atom. The highest BCUT2D eigenvalue weighted by Gasteiger charge is 2.19. The van der Waals surface area contributed by atoms with Crippen LogP contribution in [0.4, 0.5) is 5.95 Å². The van der Waals surface area contributed by atoms with Gasteiger partial charge in [-0.25, -0.2) is 15.0 Å². The molecule has 3 rings (SSSR count). The standard InChI is InChI=1S/C16H21N5O2/c1-22-14-10-18-16(19-11-14)21-7-5-20(6-8-21)12-13-3-4-15(23-2)17-9-13/h3-4,9-11H,5-8,12H2,1-2H3. The van der Waals surface area contributed by atoms with E-state index in [1.54, 1.807) is 26.6 Å². The average molecular weight is 315 g/mol. The minimum atomic E-state index is 0.648. The Morgan fingerprint density at radius 3 is 2.22 bits per heavy atom. The number of rotatable bonds is 5. The summed E-state index contributed by atoms with van der Waals surface area (Å²) < 4.78 is 10.2. The maximum atomic E-state index is 5.09. The van der Waals surface area contributed by atoms with Gasteiger partial charge in [-0.2, -0.15) is 0 Å². The zero-order chi connectivity index (χ0) is 16.1. The zero-order valence-corrected chi connectivity index (χ0v) is 13.5. The molecule has 23 heavy (non-hydrogen) atoms. The molecular weight excluding hydrogens is 294 g/mol. The predicted molar refractivity (Wildman–Crippen MR) is 86.9 cm³/mol. The van der Waals surface area contributed by atoms with Gasteiger partial charge in [-0.15, -0.1) is 0 Å². The Balaban J connectivity index is 1.53. The van der Waals surface area contributed by atoms with E-state index in [4.69, 9.17) is 9.47 Å². The molecule has 7 nitrogen and oxygen atoms in total. The first kappa shape index (κ1) is 15.5. The van der Waals surface area contributed by atoms with Crippen LogP contribution in [0.15, 0.2) is 30.7 Å². The predicted octanol–water partition coefficient (Wildman–Crippen LogP) is 1.21. The molecule has 0 radical (unpaired) electrons. The minimum absolute atomic E-state index is 0.648. The van der Waals surface area contributed by atoms with Crippen LogP contribution in [0.5, 0.6) is 11.6 Å². The molecule has 0 atom stereocenters. The van der Waals surface area contributed by atoms with Crippen LogP contribution < -0.4 is 14.4 Å². The fraction of sp³-hybridized carbons (Fsp3) is 0.438. The fourth-order valence-corrected chi connectivity index (χ4v) is 2.57. The van der Waals surface area contributed by atoms with E-state index in [1.807, 2.05) is 12.3 Å². The maximum absolute atomic E-state index is 5.09. The second-order valence-corrected chi connectivity index (χ2v) is 5.39. The van der Waals surface area contributed by atoms with E-state index in [-0.39, 0.29) is 0 Å². The van der Waals surface area contributed by atoms with Gasteiger partial charge in [-0.3, -0.25) is 4.90 Å². The maximum Gasteiger partial charge on any atom is 0.225 e. The lowest BCUT2D eigenvalue weighted by molar-refractivity contribution is 0.248. The molecular formula is C16H21N5O2. The number of piperazine rings is 1. The second-order valence-electron chi connectivity index (χ2n) is 5.39. The van der Waals surface area contributed by atoms with Gasteiger partial charge in [0.15, 0.2) is 5.75 Å². The number of nitrogens with zero attached hydrogens (tertiary/aromatic N) is 5. The number of hydrogen-bond donors (Lipinski definition) is 0. The van der Waals surface area contributed by atoms with Gasteiger partial charge in [-0.05, 0) is 5.56 Å². The van der Waals surface area contributed by atoms with E-state index in [0.717, 1.165) is 38.7 Å². The molecule has 1 aliphatic heterocycles. The summed E-state index contributed by atoms with van der Waals surface area (Å²) in [5.74, 6) is 2.09. The number of hydrogen-bond acceptors (Lipinski definition) is 7. The highest BCUT2D eigenvalue weighted by molar-refractivity contribution is 5.32. The Morgan fingerprint density at radius 1 is 0.913 bits per heavy atom. The normalized spacial score (nSPS) is 15.5. The molecule has 0 aliphatic carbocycles. The quantitative estimate of drug-likeness (QED) is 0.822. The van der Waals surface area contributed by atoms with Crippen LogP contribution in [-0.4, -0.2) is 60.3 Å². The van der Waals surface area contributed by atoms with Gasteiger partial charge >= 0.3 is 0 Å². The van der Waals surface area contributed by atoms with E-state index < -0.39 is 0 Å². The van der Waals surface area contributed by atoms with E-state index in [9.17, 15) is 0 Å². The van der Waals surface area contributed by atoms with E-state index in [1.165, 1.54) is 5.56 Å². The average Bonchev–Trinajstić information content (AvgIpc) is 2.63. The molecule has 0 N–H and O–H groups in total.